The zero-order valence-corrected chi connectivity index (χ0v) is 8.03. The van der Waals surface area contributed by atoms with Gasteiger partial charge in [0.05, 0.1) is 12.8 Å². The molecule has 2 aromatic rings. The van der Waals surface area contributed by atoms with E-state index in [2.05, 4.69) is 4.98 Å². The molecule has 0 unspecified atom stereocenters. The maximum absolute atomic E-state index is 5.24. The number of aromatic nitrogens is 2. The smallest absolute Gasteiger partial charge is 0.179 e. The Morgan fingerprint density at radius 2 is 2.08 bits per heavy atom. The molecule has 0 N–H and O–H groups in total. The van der Waals surface area contributed by atoms with Gasteiger partial charge in [0.15, 0.2) is 11.4 Å². The summed E-state index contributed by atoms with van der Waals surface area (Å²) in [4.78, 5) is 4.36. The maximum atomic E-state index is 5.24. The molecule has 2 rings (SSSR count). The Kier molecular flexibility index (Phi) is 1.72. The van der Waals surface area contributed by atoms with Crippen LogP contribution in [0.5, 0.6) is 5.75 Å². The van der Waals surface area contributed by atoms with Gasteiger partial charge in [0.25, 0.3) is 0 Å². The molecule has 0 aromatic carbocycles. The van der Waals surface area contributed by atoms with Gasteiger partial charge >= 0.3 is 0 Å². The fraction of sp³-hybridized carbons (Fsp3) is 0.300. The van der Waals surface area contributed by atoms with Gasteiger partial charge in [-0.15, -0.1) is 0 Å². The summed E-state index contributed by atoms with van der Waals surface area (Å²) in [5.74, 6) is 0.827. The molecule has 2 aromatic heterocycles. The van der Waals surface area contributed by atoms with Crippen molar-refractivity contribution in [1.82, 2.24) is 9.38 Å². The molecule has 0 saturated carbocycles. The van der Waals surface area contributed by atoms with Crippen LogP contribution in [0.2, 0.25) is 0 Å². The van der Waals surface area contributed by atoms with Crippen LogP contribution in [0.25, 0.3) is 5.65 Å². The Balaban J connectivity index is 2.80. The number of hydrogen-bond donors (Lipinski definition) is 0. The largest absolute Gasteiger partial charge is 0.493 e. The van der Waals surface area contributed by atoms with Crippen molar-refractivity contribution in [2.45, 2.75) is 13.8 Å². The van der Waals surface area contributed by atoms with Crippen molar-refractivity contribution >= 4 is 5.65 Å². The lowest BCUT2D eigenvalue weighted by Gasteiger charge is -2.03. The van der Waals surface area contributed by atoms with Gasteiger partial charge in [0.1, 0.15) is 0 Å². The molecule has 0 aliphatic carbocycles. The number of aryl methyl sites for hydroxylation is 2. The Morgan fingerprint density at radius 3 is 2.77 bits per heavy atom. The number of ether oxygens (including phenoxy) is 1. The summed E-state index contributed by atoms with van der Waals surface area (Å²) >= 11 is 0. The zero-order valence-electron chi connectivity index (χ0n) is 8.03. The van der Waals surface area contributed by atoms with Crippen molar-refractivity contribution in [2.75, 3.05) is 7.11 Å². The lowest BCUT2D eigenvalue weighted by molar-refractivity contribution is 0.416. The highest BCUT2D eigenvalue weighted by Gasteiger charge is 2.04. The van der Waals surface area contributed by atoms with Gasteiger partial charge < -0.3 is 9.14 Å². The van der Waals surface area contributed by atoms with E-state index in [9.17, 15) is 0 Å². The summed E-state index contributed by atoms with van der Waals surface area (Å²) in [6.07, 6.45) is 4.03. The Labute approximate surface area is 77.0 Å². The first-order valence-corrected chi connectivity index (χ1v) is 4.20. The van der Waals surface area contributed by atoms with Crippen LogP contribution in [-0.2, 0) is 0 Å². The molecule has 0 amide bonds. The predicted molar refractivity (Wildman–Crippen MR) is 51.2 cm³/mol. The molecule has 0 fully saturated rings. The van der Waals surface area contributed by atoms with Gasteiger partial charge in [-0.05, 0) is 25.5 Å². The van der Waals surface area contributed by atoms with E-state index in [0.717, 1.165) is 17.1 Å². The lowest BCUT2D eigenvalue weighted by atomic mass is 10.3. The minimum atomic E-state index is 0.827. The van der Waals surface area contributed by atoms with Gasteiger partial charge in [0, 0.05) is 12.4 Å². The standard InChI is InChI=1S/C10H12N2O/c1-7-4-9(13-3)10-11-8(2)6-12(10)5-7/h4-6H,1-3H3. The number of pyridine rings is 1. The molecule has 68 valence electrons. The van der Waals surface area contributed by atoms with E-state index in [1.165, 1.54) is 5.56 Å². The van der Waals surface area contributed by atoms with Crippen LogP contribution < -0.4 is 4.74 Å². The number of rotatable bonds is 1. The summed E-state index contributed by atoms with van der Waals surface area (Å²) in [5.41, 5.74) is 3.05. The third-order valence-corrected chi connectivity index (χ3v) is 1.99. The van der Waals surface area contributed by atoms with Crippen molar-refractivity contribution in [3.63, 3.8) is 0 Å². The zero-order chi connectivity index (χ0) is 9.42. The number of methoxy groups -OCH3 is 1. The van der Waals surface area contributed by atoms with Crippen LogP contribution in [0.1, 0.15) is 11.3 Å². The van der Waals surface area contributed by atoms with Crippen LogP contribution >= 0.6 is 0 Å². The molecular formula is C10H12N2O. The topological polar surface area (TPSA) is 26.5 Å². The summed E-state index contributed by atoms with van der Waals surface area (Å²) in [5, 5.41) is 0. The van der Waals surface area contributed by atoms with E-state index < -0.39 is 0 Å². The SMILES string of the molecule is COc1cc(C)cn2cc(C)nc12. The first kappa shape index (κ1) is 8.10. The molecule has 3 nitrogen and oxygen atoms in total. The second kappa shape index (κ2) is 2.76. The van der Waals surface area contributed by atoms with Crippen molar-refractivity contribution in [2.24, 2.45) is 0 Å². The van der Waals surface area contributed by atoms with E-state index in [0.29, 0.717) is 0 Å². The summed E-state index contributed by atoms with van der Waals surface area (Å²) in [6.45, 7) is 4.01. The van der Waals surface area contributed by atoms with E-state index in [1.807, 2.05) is 36.7 Å². The molecule has 0 bridgehead atoms. The van der Waals surface area contributed by atoms with E-state index in [4.69, 9.17) is 4.74 Å². The normalized spacial score (nSPS) is 10.7. The van der Waals surface area contributed by atoms with Crippen LogP contribution in [0.3, 0.4) is 0 Å². The second-order valence-electron chi connectivity index (χ2n) is 3.20. The highest BCUT2D eigenvalue weighted by atomic mass is 16.5. The summed E-state index contributed by atoms with van der Waals surface area (Å²) < 4.78 is 7.23. The summed E-state index contributed by atoms with van der Waals surface area (Å²) in [7, 11) is 1.67. The van der Waals surface area contributed by atoms with E-state index >= 15 is 0 Å². The Bertz CT molecular complexity index is 445. The van der Waals surface area contributed by atoms with Crippen molar-refractivity contribution in [3.05, 3.63) is 29.7 Å². The molecule has 0 saturated heterocycles. The first-order valence-electron chi connectivity index (χ1n) is 4.20. The quantitative estimate of drug-likeness (QED) is 0.664. The monoisotopic (exact) mass is 176 g/mol. The third-order valence-electron chi connectivity index (χ3n) is 1.99. The van der Waals surface area contributed by atoms with Crippen molar-refractivity contribution < 1.29 is 4.74 Å². The molecule has 2 heterocycles. The fourth-order valence-electron chi connectivity index (χ4n) is 1.48. The molecular weight excluding hydrogens is 164 g/mol. The number of hydrogen-bond acceptors (Lipinski definition) is 2. The highest BCUT2D eigenvalue weighted by Crippen LogP contribution is 2.20. The molecule has 3 heteroatoms. The van der Waals surface area contributed by atoms with Crippen LogP contribution in [0.4, 0.5) is 0 Å². The van der Waals surface area contributed by atoms with Gasteiger partial charge in [0.2, 0.25) is 0 Å². The Hall–Kier alpha value is -1.51. The van der Waals surface area contributed by atoms with Gasteiger partial charge in [-0.25, -0.2) is 4.98 Å². The van der Waals surface area contributed by atoms with E-state index in [1.54, 1.807) is 7.11 Å². The molecule has 0 atom stereocenters. The van der Waals surface area contributed by atoms with Crippen LogP contribution in [0.15, 0.2) is 18.5 Å². The lowest BCUT2D eigenvalue weighted by Crippen LogP contribution is -1.91. The second-order valence-corrected chi connectivity index (χ2v) is 3.20. The molecule has 0 aliphatic heterocycles. The average molecular weight is 176 g/mol. The maximum Gasteiger partial charge on any atom is 0.179 e. The molecule has 0 spiro atoms. The molecule has 0 radical (unpaired) electrons. The number of fused-ring (bicyclic) bond motifs is 1. The van der Waals surface area contributed by atoms with Gasteiger partial charge in [-0.1, -0.05) is 0 Å². The van der Waals surface area contributed by atoms with Crippen LogP contribution in [0, 0.1) is 13.8 Å². The fourth-order valence-corrected chi connectivity index (χ4v) is 1.48. The summed E-state index contributed by atoms with van der Waals surface area (Å²) in [6, 6.07) is 1.99. The van der Waals surface area contributed by atoms with Crippen molar-refractivity contribution in [3.8, 4) is 5.75 Å². The third kappa shape index (κ3) is 1.26. The predicted octanol–water partition coefficient (Wildman–Crippen LogP) is 1.96. The van der Waals surface area contributed by atoms with Gasteiger partial charge in [-0.2, -0.15) is 0 Å². The van der Waals surface area contributed by atoms with Crippen molar-refractivity contribution in [1.29, 1.82) is 0 Å². The Morgan fingerprint density at radius 1 is 1.31 bits per heavy atom. The average Bonchev–Trinajstić information content (AvgIpc) is 2.43. The minimum absolute atomic E-state index is 0.827. The number of imidazole rings is 1. The molecule has 13 heavy (non-hydrogen) atoms. The number of nitrogens with zero attached hydrogens (tertiary/aromatic N) is 2. The van der Waals surface area contributed by atoms with E-state index in [-0.39, 0.29) is 0 Å². The highest BCUT2D eigenvalue weighted by molar-refractivity contribution is 5.55. The minimum Gasteiger partial charge on any atom is -0.493 e. The van der Waals surface area contributed by atoms with Crippen LogP contribution in [-0.4, -0.2) is 16.5 Å². The van der Waals surface area contributed by atoms with Gasteiger partial charge in [-0.3, -0.25) is 0 Å². The first-order chi connectivity index (χ1) is 6.20. The molecule has 0 aliphatic rings.